The van der Waals surface area contributed by atoms with Crippen LogP contribution in [0.5, 0.6) is 0 Å². The second-order valence-corrected chi connectivity index (χ2v) is 8.81. The van der Waals surface area contributed by atoms with Crippen molar-refractivity contribution in [2.24, 2.45) is 0 Å². The Kier molecular flexibility index (Phi) is 6.30. The fraction of sp³-hybridized carbons (Fsp3) is 0.300. The van der Waals surface area contributed by atoms with Gasteiger partial charge in [0.1, 0.15) is 18.1 Å². The standard InChI is InChI=1S/C20H24N4O3S/c1-28(26,27)15-19-23-17-10-5-6-11-18(17)24(19)14-20(25)22-13-7-12-21-16-8-3-2-4-9-16/h2-6,8-11,21H,7,12-15H2,1H3,(H,22,25). The first-order chi connectivity index (χ1) is 13.4. The number of carbonyl (C=O) groups is 1. The van der Waals surface area contributed by atoms with Gasteiger partial charge >= 0.3 is 0 Å². The fourth-order valence-corrected chi connectivity index (χ4v) is 3.64. The molecule has 0 bridgehead atoms. The van der Waals surface area contributed by atoms with Gasteiger partial charge < -0.3 is 15.2 Å². The van der Waals surface area contributed by atoms with Crippen LogP contribution in [-0.2, 0) is 26.9 Å². The average Bonchev–Trinajstić information content (AvgIpc) is 2.98. The van der Waals surface area contributed by atoms with Crippen LogP contribution in [0.25, 0.3) is 11.0 Å². The van der Waals surface area contributed by atoms with Crippen LogP contribution in [0.4, 0.5) is 5.69 Å². The molecule has 0 radical (unpaired) electrons. The molecule has 2 N–H and O–H groups in total. The monoisotopic (exact) mass is 400 g/mol. The molecule has 0 aliphatic heterocycles. The van der Waals surface area contributed by atoms with Gasteiger partial charge in [0.2, 0.25) is 5.91 Å². The molecule has 0 saturated heterocycles. The molecule has 7 nitrogen and oxygen atoms in total. The van der Waals surface area contributed by atoms with E-state index in [2.05, 4.69) is 15.6 Å². The first-order valence-corrected chi connectivity index (χ1v) is 11.2. The Morgan fingerprint density at radius 1 is 1.04 bits per heavy atom. The van der Waals surface area contributed by atoms with Crippen LogP contribution >= 0.6 is 0 Å². The Morgan fingerprint density at radius 3 is 2.50 bits per heavy atom. The molecule has 3 aromatic rings. The highest BCUT2D eigenvalue weighted by atomic mass is 32.2. The van der Waals surface area contributed by atoms with Gasteiger partial charge in [-0.2, -0.15) is 0 Å². The molecule has 0 spiro atoms. The van der Waals surface area contributed by atoms with Crippen LogP contribution in [0.3, 0.4) is 0 Å². The highest BCUT2D eigenvalue weighted by Gasteiger charge is 2.17. The van der Waals surface area contributed by atoms with Crippen molar-refractivity contribution in [3.05, 3.63) is 60.4 Å². The molecule has 0 aliphatic carbocycles. The molecule has 1 aromatic heterocycles. The third kappa shape index (κ3) is 5.56. The molecule has 8 heteroatoms. The van der Waals surface area contributed by atoms with Gasteiger partial charge in [-0.25, -0.2) is 13.4 Å². The number of nitrogens with zero attached hydrogens (tertiary/aromatic N) is 2. The molecule has 0 unspecified atom stereocenters. The number of sulfone groups is 1. The lowest BCUT2D eigenvalue weighted by Crippen LogP contribution is -2.30. The second-order valence-electron chi connectivity index (χ2n) is 6.67. The van der Waals surface area contributed by atoms with E-state index in [-0.39, 0.29) is 18.2 Å². The first kappa shape index (κ1) is 19.9. The summed E-state index contributed by atoms with van der Waals surface area (Å²) < 4.78 is 25.1. The van der Waals surface area contributed by atoms with Gasteiger partial charge in [0.15, 0.2) is 9.84 Å². The number of fused-ring (bicyclic) bond motifs is 1. The second kappa shape index (κ2) is 8.88. The van der Waals surface area contributed by atoms with E-state index in [4.69, 9.17) is 0 Å². The Hall–Kier alpha value is -2.87. The molecular weight excluding hydrogens is 376 g/mol. The molecule has 148 valence electrons. The molecule has 3 rings (SSSR count). The number of para-hydroxylation sites is 3. The lowest BCUT2D eigenvalue weighted by molar-refractivity contribution is -0.121. The van der Waals surface area contributed by atoms with Crippen LogP contribution in [0, 0.1) is 0 Å². The number of hydrogen-bond donors (Lipinski definition) is 2. The van der Waals surface area contributed by atoms with Crippen molar-refractivity contribution in [2.75, 3.05) is 24.7 Å². The number of carbonyl (C=O) groups excluding carboxylic acids is 1. The minimum atomic E-state index is -3.26. The van der Waals surface area contributed by atoms with Crippen LogP contribution in [-0.4, -0.2) is 43.2 Å². The molecule has 0 fully saturated rings. The molecule has 0 atom stereocenters. The van der Waals surface area contributed by atoms with E-state index in [0.717, 1.165) is 30.4 Å². The molecule has 0 saturated carbocycles. The van der Waals surface area contributed by atoms with Crippen molar-refractivity contribution < 1.29 is 13.2 Å². The lowest BCUT2D eigenvalue weighted by Gasteiger charge is -2.10. The van der Waals surface area contributed by atoms with E-state index in [1.807, 2.05) is 54.6 Å². The number of benzene rings is 2. The summed E-state index contributed by atoms with van der Waals surface area (Å²) in [7, 11) is -3.26. The van der Waals surface area contributed by atoms with E-state index in [1.54, 1.807) is 4.57 Å². The summed E-state index contributed by atoms with van der Waals surface area (Å²) in [6, 6.07) is 17.2. The van der Waals surface area contributed by atoms with E-state index < -0.39 is 9.84 Å². The van der Waals surface area contributed by atoms with Crippen molar-refractivity contribution in [1.82, 2.24) is 14.9 Å². The number of imidazole rings is 1. The zero-order valence-corrected chi connectivity index (χ0v) is 16.6. The summed E-state index contributed by atoms with van der Waals surface area (Å²) in [6.45, 7) is 1.32. The van der Waals surface area contributed by atoms with E-state index in [1.165, 1.54) is 0 Å². The zero-order chi connectivity index (χ0) is 20.0. The van der Waals surface area contributed by atoms with Crippen molar-refractivity contribution in [2.45, 2.75) is 18.7 Å². The number of rotatable bonds is 9. The normalized spacial score (nSPS) is 11.5. The Bertz CT molecular complexity index is 1050. The third-order valence-corrected chi connectivity index (χ3v) is 4.99. The molecule has 1 amide bonds. The Labute approximate surface area is 164 Å². The molecule has 1 heterocycles. The van der Waals surface area contributed by atoms with E-state index in [9.17, 15) is 13.2 Å². The van der Waals surface area contributed by atoms with E-state index >= 15 is 0 Å². The summed E-state index contributed by atoms with van der Waals surface area (Å²) in [5.41, 5.74) is 2.48. The van der Waals surface area contributed by atoms with E-state index in [0.29, 0.717) is 17.9 Å². The van der Waals surface area contributed by atoms with Gasteiger partial charge in [-0.1, -0.05) is 30.3 Å². The quantitative estimate of drug-likeness (QED) is 0.537. The van der Waals surface area contributed by atoms with Crippen LogP contribution in [0.15, 0.2) is 54.6 Å². The summed E-state index contributed by atoms with van der Waals surface area (Å²) in [4.78, 5) is 16.8. The topological polar surface area (TPSA) is 93.1 Å². The number of anilines is 1. The van der Waals surface area contributed by atoms with Crippen molar-refractivity contribution in [3.63, 3.8) is 0 Å². The number of hydrogen-bond acceptors (Lipinski definition) is 5. The zero-order valence-electron chi connectivity index (χ0n) is 15.8. The maximum atomic E-state index is 12.4. The minimum Gasteiger partial charge on any atom is -0.385 e. The van der Waals surface area contributed by atoms with Crippen molar-refractivity contribution in [3.8, 4) is 0 Å². The lowest BCUT2D eigenvalue weighted by atomic mass is 10.3. The summed E-state index contributed by atoms with van der Waals surface area (Å²) >= 11 is 0. The van der Waals surface area contributed by atoms with Crippen LogP contribution < -0.4 is 10.6 Å². The molecule has 0 aliphatic rings. The summed E-state index contributed by atoms with van der Waals surface area (Å²) in [5, 5.41) is 6.17. The van der Waals surface area contributed by atoms with Gasteiger partial charge in [0.25, 0.3) is 0 Å². The van der Waals surface area contributed by atoms with Gasteiger partial charge in [-0.05, 0) is 30.7 Å². The minimum absolute atomic E-state index is 0.0392. The number of amides is 1. The third-order valence-electron chi connectivity index (χ3n) is 4.21. The maximum Gasteiger partial charge on any atom is 0.240 e. The molecule has 28 heavy (non-hydrogen) atoms. The van der Waals surface area contributed by atoms with Crippen LogP contribution in [0.2, 0.25) is 0 Å². The summed E-state index contributed by atoms with van der Waals surface area (Å²) in [6.07, 6.45) is 1.94. The Balaban J connectivity index is 1.57. The fourth-order valence-electron chi connectivity index (χ4n) is 2.95. The van der Waals surface area contributed by atoms with Gasteiger partial charge in [0, 0.05) is 25.0 Å². The van der Waals surface area contributed by atoms with Gasteiger partial charge in [-0.15, -0.1) is 0 Å². The largest absolute Gasteiger partial charge is 0.385 e. The van der Waals surface area contributed by atoms with Crippen LogP contribution in [0.1, 0.15) is 12.2 Å². The smallest absolute Gasteiger partial charge is 0.240 e. The molecule has 2 aromatic carbocycles. The van der Waals surface area contributed by atoms with Gasteiger partial charge in [-0.3, -0.25) is 4.79 Å². The Morgan fingerprint density at radius 2 is 1.75 bits per heavy atom. The maximum absolute atomic E-state index is 12.4. The highest BCUT2D eigenvalue weighted by Crippen LogP contribution is 2.17. The SMILES string of the molecule is CS(=O)(=O)Cc1nc2ccccc2n1CC(=O)NCCCNc1ccccc1. The average molecular weight is 401 g/mol. The van der Waals surface area contributed by atoms with Crippen molar-refractivity contribution in [1.29, 1.82) is 0 Å². The molecular formula is C20H24N4O3S. The predicted molar refractivity (Wildman–Crippen MR) is 111 cm³/mol. The highest BCUT2D eigenvalue weighted by molar-refractivity contribution is 7.89. The predicted octanol–water partition coefficient (Wildman–Crippen LogP) is 2.20. The number of aromatic nitrogens is 2. The van der Waals surface area contributed by atoms with Gasteiger partial charge in [0.05, 0.1) is 11.0 Å². The first-order valence-electron chi connectivity index (χ1n) is 9.10. The van der Waals surface area contributed by atoms with Crippen molar-refractivity contribution >= 4 is 32.5 Å². The number of nitrogens with one attached hydrogen (secondary N) is 2. The summed E-state index contributed by atoms with van der Waals surface area (Å²) in [5.74, 6) is 0.0119.